The summed E-state index contributed by atoms with van der Waals surface area (Å²) in [5, 5.41) is 9.59. The van der Waals surface area contributed by atoms with Gasteiger partial charge in [-0.1, -0.05) is 35.4 Å². The van der Waals surface area contributed by atoms with Crippen LogP contribution in [0.4, 0.5) is 17.3 Å². The van der Waals surface area contributed by atoms with Gasteiger partial charge in [0.25, 0.3) is 5.91 Å². The Labute approximate surface area is 220 Å². The largest absolute Gasteiger partial charge is 0.352 e. The minimum Gasteiger partial charge on any atom is -0.352 e. The number of carbonyl (C=O) groups excluding carboxylic acids is 2. The number of anilines is 3. The average molecular weight is 512 g/mol. The summed E-state index contributed by atoms with van der Waals surface area (Å²) in [7, 11) is 0. The Hall–Kier alpha value is -4.23. The number of hydrogen-bond acceptors (Lipinski definition) is 5. The fraction of sp³-hybridized carbons (Fsp3) is 0.172. The summed E-state index contributed by atoms with van der Waals surface area (Å²) in [5.41, 5.74) is 7.80. The average Bonchev–Trinajstić information content (AvgIpc) is 3.01. The van der Waals surface area contributed by atoms with Crippen molar-refractivity contribution in [3.8, 4) is 11.3 Å². The van der Waals surface area contributed by atoms with E-state index in [-0.39, 0.29) is 18.2 Å². The lowest BCUT2D eigenvalue weighted by molar-refractivity contribution is -0.115. The second-order valence-electron chi connectivity index (χ2n) is 9.12. The Bertz CT molecular complexity index is 1500. The molecule has 2 heterocycles. The first-order chi connectivity index (χ1) is 17.9. The molecule has 0 saturated carbocycles. The van der Waals surface area contributed by atoms with E-state index in [1.54, 1.807) is 30.5 Å². The predicted molar refractivity (Wildman–Crippen MR) is 146 cm³/mol. The van der Waals surface area contributed by atoms with Gasteiger partial charge in [-0.25, -0.2) is 9.97 Å². The van der Waals surface area contributed by atoms with Gasteiger partial charge in [0.15, 0.2) is 0 Å². The van der Waals surface area contributed by atoms with Crippen molar-refractivity contribution in [3.63, 3.8) is 0 Å². The highest BCUT2D eigenvalue weighted by molar-refractivity contribution is 6.31. The molecule has 1 aliphatic rings. The number of aromatic nitrogens is 2. The van der Waals surface area contributed by atoms with Gasteiger partial charge in [0.2, 0.25) is 11.9 Å². The number of fused-ring (bicyclic) bond motifs is 3. The first-order valence-corrected chi connectivity index (χ1v) is 12.4. The van der Waals surface area contributed by atoms with Crippen molar-refractivity contribution < 1.29 is 9.59 Å². The van der Waals surface area contributed by atoms with Crippen molar-refractivity contribution in [1.82, 2.24) is 15.3 Å². The van der Waals surface area contributed by atoms with Crippen LogP contribution >= 0.6 is 11.6 Å². The van der Waals surface area contributed by atoms with Gasteiger partial charge in [-0.15, -0.1) is 0 Å². The van der Waals surface area contributed by atoms with E-state index >= 15 is 0 Å². The van der Waals surface area contributed by atoms with Crippen molar-refractivity contribution in [2.24, 2.45) is 0 Å². The molecule has 37 heavy (non-hydrogen) atoms. The van der Waals surface area contributed by atoms with Gasteiger partial charge in [-0.05, 0) is 73.9 Å². The molecular formula is C29H26ClN5O2. The number of rotatable bonds is 6. The minimum absolute atomic E-state index is 0.120. The zero-order chi connectivity index (χ0) is 25.9. The molecule has 0 bridgehead atoms. The van der Waals surface area contributed by atoms with E-state index in [1.807, 2.05) is 18.2 Å². The molecule has 0 radical (unpaired) electrons. The number of benzene rings is 3. The molecule has 0 fully saturated rings. The van der Waals surface area contributed by atoms with Crippen LogP contribution in [0.15, 0.2) is 66.9 Å². The number of amides is 2. The monoisotopic (exact) mass is 511 g/mol. The summed E-state index contributed by atoms with van der Waals surface area (Å²) in [6.45, 7) is 4.72. The second-order valence-corrected chi connectivity index (χ2v) is 9.56. The summed E-state index contributed by atoms with van der Waals surface area (Å²) in [6, 6.07) is 18.8. The van der Waals surface area contributed by atoms with Crippen LogP contribution in [0.25, 0.3) is 11.3 Å². The van der Waals surface area contributed by atoms with Crippen molar-refractivity contribution in [2.75, 3.05) is 17.2 Å². The summed E-state index contributed by atoms with van der Waals surface area (Å²) in [6.07, 6.45) is 2.62. The molecule has 8 heteroatoms. The number of hydrogen-bond donors (Lipinski definition) is 3. The molecule has 4 aromatic rings. The maximum absolute atomic E-state index is 12.6. The third kappa shape index (κ3) is 5.62. The third-order valence-electron chi connectivity index (χ3n) is 6.31. The van der Waals surface area contributed by atoms with Crippen LogP contribution in [0.5, 0.6) is 0 Å². The first-order valence-electron chi connectivity index (χ1n) is 12.0. The van der Waals surface area contributed by atoms with Crippen LogP contribution in [0.1, 0.15) is 32.6 Å². The predicted octanol–water partition coefficient (Wildman–Crippen LogP) is 5.62. The highest BCUT2D eigenvalue weighted by Crippen LogP contribution is 2.34. The molecule has 0 unspecified atom stereocenters. The summed E-state index contributed by atoms with van der Waals surface area (Å²) in [4.78, 5) is 34.0. The molecule has 3 aromatic carbocycles. The Morgan fingerprint density at radius 1 is 1.05 bits per heavy atom. The lowest BCUT2D eigenvalue weighted by Gasteiger charge is -2.11. The number of nitrogens with one attached hydrogen (secondary N) is 3. The van der Waals surface area contributed by atoms with Gasteiger partial charge in [0.1, 0.15) is 0 Å². The lowest BCUT2D eigenvalue weighted by Crippen LogP contribution is -2.25. The SMILES string of the molecule is Cc1ccc(C)c(CCNC(=O)c2ccc(Nc3ncc4c(n3)-c3ccc(Cl)cc3NC(=O)C4)cc2)c1. The molecule has 186 valence electrons. The van der Waals surface area contributed by atoms with Gasteiger partial charge in [-0.3, -0.25) is 9.59 Å². The molecule has 0 aliphatic carbocycles. The molecule has 2 amide bonds. The zero-order valence-electron chi connectivity index (χ0n) is 20.6. The normalized spacial score (nSPS) is 12.1. The van der Waals surface area contributed by atoms with Crippen LogP contribution in [0, 0.1) is 13.8 Å². The molecule has 7 nitrogen and oxygen atoms in total. The Balaban J connectivity index is 1.26. The van der Waals surface area contributed by atoms with E-state index in [0.717, 1.165) is 23.2 Å². The lowest BCUT2D eigenvalue weighted by atomic mass is 10.0. The second kappa shape index (κ2) is 10.4. The van der Waals surface area contributed by atoms with Crippen molar-refractivity contribution in [2.45, 2.75) is 26.7 Å². The molecule has 1 aliphatic heterocycles. The van der Waals surface area contributed by atoms with Crippen LogP contribution in [0.2, 0.25) is 5.02 Å². The molecule has 0 atom stereocenters. The van der Waals surface area contributed by atoms with Gasteiger partial charge in [0, 0.05) is 40.1 Å². The van der Waals surface area contributed by atoms with Crippen molar-refractivity contribution >= 4 is 40.7 Å². The van der Waals surface area contributed by atoms with Gasteiger partial charge in [0.05, 0.1) is 17.8 Å². The highest BCUT2D eigenvalue weighted by Gasteiger charge is 2.21. The summed E-state index contributed by atoms with van der Waals surface area (Å²) >= 11 is 6.12. The maximum atomic E-state index is 12.6. The fourth-order valence-corrected chi connectivity index (χ4v) is 4.51. The third-order valence-corrected chi connectivity index (χ3v) is 6.55. The van der Waals surface area contributed by atoms with Crippen LogP contribution in [0.3, 0.4) is 0 Å². The summed E-state index contributed by atoms with van der Waals surface area (Å²) in [5.74, 6) is 0.125. The van der Waals surface area contributed by atoms with E-state index < -0.39 is 0 Å². The molecular weight excluding hydrogens is 486 g/mol. The molecule has 5 rings (SSSR count). The Kier molecular flexibility index (Phi) is 6.88. The number of aryl methyl sites for hydroxylation is 2. The zero-order valence-corrected chi connectivity index (χ0v) is 21.3. The van der Waals surface area contributed by atoms with E-state index in [9.17, 15) is 9.59 Å². The first kappa shape index (κ1) is 24.5. The van der Waals surface area contributed by atoms with Crippen LogP contribution < -0.4 is 16.0 Å². The van der Waals surface area contributed by atoms with Crippen LogP contribution in [-0.2, 0) is 17.6 Å². The van der Waals surface area contributed by atoms with Gasteiger partial charge in [-0.2, -0.15) is 0 Å². The standard InChI is InChI=1S/C29H26ClN5O2/c1-17-3-4-18(2)20(13-17)11-12-31-28(37)19-5-8-23(9-6-19)33-29-32-16-21-14-26(36)34-25-15-22(30)7-10-24(25)27(21)35-29/h3-10,13,15-16H,11-12,14H2,1-2H3,(H,31,37)(H,34,36)(H,32,33,35). The maximum Gasteiger partial charge on any atom is 0.251 e. The van der Waals surface area contributed by atoms with Gasteiger partial charge < -0.3 is 16.0 Å². The topological polar surface area (TPSA) is 96.0 Å². The Morgan fingerprint density at radius 2 is 1.86 bits per heavy atom. The number of carbonyl (C=O) groups is 2. The van der Waals surface area contributed by atoms with Crippen LogP contribution in [-0.4, -0.2) is 28.3 Å². The van der Waals surface area contributed by atoms with Crippen molar-refractivity contribution in [3.05, 3.63) is 99.7 Å². The van der Waals surface area contributed by atoms with Crippen molar-refractivity contribution in [1.29, 1.82) is 0 Å². The minimum atomic E-state index is -0.144. The van der Waals surface area contributed by atoms with Gasteiger partial charge >= 0.3 is 0 Å². The summed E-state index contributed by atoms with van der Waals surface area (Å²) < 4.78 is 0. The van der Waals surface area contributed by atoms with E-state index in [1.165, 1.54) is 16.7 Å². The van der Waals surface area contributed by atoms with E-state index in [0.29, 0.717) is 34.5 Å². The highest BCUT2D eigenvalue weighted by atomic mass is 35.5. The molecule has 0 saturated heterocycles. The number of halogens is 1. The number of nitrogens with zero attached hydrogens (tertiary/aromatic N) is 2. The molecule has 0 spiro atoms. The van der Waals surface area contributed by atoms with E-state index in [2.05, 4.69) is 58.0 Å². The van der Waals surface area contributed by atoms with E-state index in [4.69, 9.17) is 11.6 Å². The molecule has 3 N–H and O–H groups in total. The molecule has 1 aromatic heterocycles. The fourth-order valence-electron chi connectivity index (χ4n) is 4.34. The smallest absolute Gasteiger partial charge is 0.251 e. The quantitative estimate of drug-likeness (QED) is 0.312. The Morgan fingerprint density at radius 3 is 2.68 bits per heavy atom.